The number of methoxy groups -OCH3 is 1. The van der Waals surface area contributed by atoms with Gasteiger partial charge in [0, 0.05) is 12.2 Å². The Hall–Kier alpha value is -3.52. The van der Waals surface area contributed by atoms with E-state index in [-0.39, 0.29) is 5.91 Å². The summed E-state index contributed by atoms with van der Waals surface area (Å²) in [6.07, 6.45) is 1.66. The van der Waals surface area contributed by atoms with Gasteiger partial charge in [0.2, 0.25) is 0 Å². The van der Waals surface area contributed by atoms with Crippen LogP contribution in [-0.2, 0) is 11.3 Å². The Bertz CT molecular complexity index is 1240. The molecular weight excluding hydrogens is 400 g/mol. The van der Waals surface area contributed by atoms with Crippen molar-refractivity contribution in [3.05, 3.63) is 64.7 Å². The molecule has 0 bridgehead atoms. The zero-order chi connectivity index (χ0) is 21.3. The van der Waals surface area contributed by atoms with E-state index in [4.69, 9.17) is 9.72 Å². The van der Waals surface area contributed by atoms with Gasteiger partial charge in [0.05, 0.1) is 40.4 Å². The summed E-state index contributed by atoms with van der Waals surface area (Å²) in [4.78, 5) is 30.9. The number of carbonyl (C=O) groups excluding carboxylic acids is 2. The second-order valence-electron chi connectivity index (χ2n) is 6.65. The van der Waals surface area contributed by atoms with Crippen molar-refractivity contribution in [2.24, 2.45) is 0 Å². The number of hydrogen-bond donors (Lipinski definition) is 1. The van der Waals surface area contributed by atoms with E-state index in [9.17, 15) is 9.59 Å². The number of amides is 1. The largest absolute Gasteiger partial charge is 0.465 e. The van der Waals surface area contributed by atoms with E-state index in [1.807, 2.05) is 24.4 Å². The molecule has 1 aromatic carbocycles. The van der Waals surface area contributed by atoms with Crippen molar-refractivity contribution in [1.82, 2.24) is 14.8 Å². The molecule has 30 heavy (non-hydrogen) atoms. The molecule has 0 saturated carbocycles. The van der Waals surface area contributed by atoms with Crippen LogP contribution in [0.1, 0.15) is 33.2 Å². The molecule has 1 N–H and O–H groups in total. The fourth-order valence-electron chi connectivity index (χ4n) is 3.31. The zero-order valence-electron chi connectivity index (χ0n) is 16.8. The summed E-state index contributed by atoms with van der Waals surface area (Å²) >= 11 is 1.56. The molecule has 8 heteroatoms. The summed E-state index contributed by atoms with van der Waals surface area (Å²) in [5, 5.41) is 9.95. The average molecular weight is 420 g/mol. The van der Waals surface area contributed by atoms with E-state index in [2.05, 4.69) is 10.4 Å². The van der Waals surface area contributed by atoms with Crippen molar-refractivity contribution in [3.8, 4) is 10.6 Å². The van der Waals surface area contributed by atoms with Gasteiger partial charge in [-0.25, -0.2) is 14.5 Å². The maximum Gasteiger partial charge on any atom is 0.338 e. The van der Waals surface area contributed by atoms with E-state index in [0.717, 1.165) is 10.6 Å². The fourth-order valence-corrected chi connectivity index (χ4v) is 4.00. The monoisotopic (exact) mass is 420 g/mol. The van der Waals surface area contributed by atoms with Crippen LogP contribution < -0.4 is 5.32 Å². The Morgan fingerprint density at radius 2 is 2.03 bits per heavy atom. The van der Waals surface area contributed by atoms with Gasteiger partial charge >= 0.3 is 5.97 Å². The number of esters is 1. The zero-order valence-corrected chi connectivity index (χ0v) is 17.6. The lowest BCUT2D eigenvalue weighted by Crippen LogP contribution is -2.15. The maximum atomic E-state index is 13.3. The highest BCUT2D eigenvalue weighted by molar-refractivity contribution is 7.13. The summed E-state index contributed by atoms with van der Waals surface area (Å²) < 4.78 is 6.59. The van der Waals surface area contributed by atoms with Crippen molar-refractivity contribution in [2.45, 2.75) is 20.4 Å². The third kappa shape index (κ3) is 3.46. The third-order valence-corrected chi connectivity index (χ3v) is 5.81. The summed E-state index contributed by atoms with van der Waals surface area (Å²) in [6.45, 7) is 4.40. The predicted molar refractivity (Wildman–Crippen MR) is 117 cm³/mol. The van der Waals surface area contributed by atoms with Gasteiger partial charge in [-0.05, 0) is 49.1 Å². The van der Waals surface area contributed by atoms with Crippen molar-refractivity contribution < 1.29 is 14.3 Å². The van der Waals surface area contributed by atoms with Crippen molar-refractivity contribution in [2.75, 3.05) is 12.4 Å². The number of ether oxygens (including phenoxy) is 1. The summed E-state index contributed by atoms with van der Waals surface area (Å²) in [6, 6.07) is 10.8. The van der Waals surface area contributed by atoms with Crippen molar-refractivity contribution in [1.29, 1.82) is 0 Å². The number of anilines is 1. The number of benzene rings is 1. The van der Waals surface area contributed by atoms with Crippen LogP contribution >= 0.6 is 11.3 Å². The van der Waals surface area contributed by atoms with Crippen LogP contribution in [0.4, 0.5) is 5.69 Å². The number of fused-ring (bicyclic) bond motifs is 1. The summed E-state index contributed by atoms with van der Waals surface area (Å²) in [5.74, 6) is -0.736. The van der Waals surface area contributed by atoms with Crippen LogP contribution in [0.15, 0.2) is 48.0 Å². The van der Waals surface area contributed by atoms with E-state index in [1.54, 1.807) is 53.4 Å². The lowest BCUT2D eigenvalue weighted by molar-refractivity contribution is 0.0599. The minimum Gasteiger partial charge on any atom is -0.465 e. The van der Waals surface area contributed by atoms with Crippen LogP contribution in [0.2, 0.25) is 0 Å². The number of pyridine rings is 1. The molecule has 0 spiro atoms. The Labute approximate surface area is 177 Å². The Morgan fingerprint density at radius 3 is 2.73 bits per heavy atom. The molecule has 7 nitrogen and oxygen atoms in total. The highest BCUT2D eigenvalue weighted by Gasteiger charge is 2.19. The maximum absolute atomic E-state index is 13.3. The van der Waals surface area contributed by atoms with Crippen molar-refractivity contribution in [3.63, 3.8) is 0 Å². The fraction of sp³-hybridized carbons (Fsp3) is 0.182. The quantitative estimate of drug-likeness (QED) is 0.480. The first-order chi connectivity index (χ1) is 14.5. The number of rotatable bonds is 5. The van der Waals surface area contributed by atoms with Gasteiger partial charge in [-0.1, -0.05) is 12.1 Å². The molecule has 0 fully saturated rings. The minimum atomic E-state index is -0.445. The van der Waals surface area contributed by atoms with Crippen LogP contribution in [0.3, 0.4) is 0 Å². The normalized spacial score (nSPS) is 10.9. The van der Waals surface area contributed by atoms with Crippen LogP contribution in [-0.4, -0.2) is 33.8 Å². The van der Waals surface area contributed by atoms with Crippen LogP contribution in [0.25, 0.3) is 21.6 Å². The highest BCUT2D eigenvalue weighted by atomic mass is 32.1. The molecule has 3 heterocycles. The minimum absolute atomic E-state index is 0.291. The number of aromatic nitrogens is 3. The van der Waals surface area contributed by atoms with E-state index in [0.29, 0.717) is 40.0 Å². The second kappa shape index (κ2) is 8.08. The Balaban J connectivity index is 1.79. The number of nitrogens with zero attached hydrogens (tertiary/aromatic N) is 3. The summed E-state index contributed by atoms with van der Waals surface area (Å²) in [5.41, 5.74) is 3.46. The third-order valence-electron chi connectivity index (χ3n) is 4.91. The van der Waals surface area contributed by atoms with Gasteiger partial charge in [-0.2, -0.15) is 5.10 Å². The number of nitrogens with one attached hydrogen (secondary N) is 1. The van der Waals surface area contributed by atoms with Gasteiger partial charge in [0.15, 0.2) is 5.65 Å². The molecule has 3 aromatic heterocycles. The first-order valence-corrected chi connectivity index (χ1v) is 10.3. The summed E-state index contributed by atoms with van der Waals surface area (Å²) in [7, 11) is 1.33. The Morgan fingerprint density at radius 1 is 1.20 bits per heavy atom. The highest BCUT2D eigenvalue weighted by Crippen LogP contribution is 2.29. The molecule has 0 aliphatic rings. The number of thiophene rings is 1. The number of carbonyl (C=O) groups is 2. The smallest absolute Gasteiger partial charge is 0.338 e. The van der Waals surface area contributed by atoms with Gasteiger partial charge in [0.25, 0.3) is 5.91 Å². The topological polar surface area (TPSA) is 86.1 Å². The molecule has 0 radical (unpaired) electrons. The molecule has 152 valence electrons. The van der Waals surface area contributed by atoms with Gasteiger partial charge in [0.1, 0.15) is 0 Å². The number of aryl methyl sites for hydroxylation is 1. The molecular formula is C22H20N4O3S. The molecule has 1 amide bonds. The standard InChI is InChI=1S/C22H20N4O3S/c1-4-26-20-16(12-23-26)15(11-18(24-20)19-9-6-10-30-19)21(27)25-17-8-5-7-14(13(17)2)22(28)29-3/h5-12H,4H2,1-3H3,(H,25,27). The van der Waals surface area contributed by atoms with Gasteiger partial charge in [-0.3, -0.25) is 4.79 Å². The lowest BCUT2D eigenvalue weighted by Gasteiger charge is -2.12. The molecule has 4 rings (SSSR count). The molecule has 0 atom stereocenters. The Kier molecular flexibility index (Phi) is 5.33. The predicted octanol–water partition coefficient (Wildman–Crippen LogP) is 4.53. The second-order valence-corrected chi connectivity index (χ2v) is 7.60. The van der Waals surface area contributed by atoms with Crippen molar-refractivity contribution >= 4 is 39.9 Å². The molecule has 0 aliphatic carbocycles. The van der Waals surface area contributed by atoms with Crippen LogP contribution in [0.5, 0.6) is 0 Å². The van der Waals surface area contributed by atoms with Crippen LogP contribution in [0, 0.1) is 6.92 Å². The van der Waals surface area contributed by atoms with Gasteiger partial charge in [-0.15, -0.1) is 11.3 Å². The van der Waals surface area contributed by atoms with Gasteiger partial charge < -0.3 is 10.1 Å². The molecule has 0 saturated heterocycles. The van der Waals surface area contributed by atoms with E-state index >= 15 is 0 Å². The van der Waals surface area contributed by atoms with E-state index < -0.39 is 5.97 Å². The first-order valence-electron chi connectivity index (χ1n) is 9.43. The lowest BCUT2D eigenvalue weighted by atomic mass is 10.1. The first kappa shape index (κ1) is 19.8. The van der Waals surface area contributed by atoms with E-state index in [1.165, 1.54) is 7.11 Å². The molecule has 0 unspecified atom stereocenters. The average Bonchev–Trinajstić information content (AvgIpc) is 3.43. The number of hydrogen-bond acceptors (Lipinski definition) is 6. The molecule has 4 aromatic rings. The SMILES string of the molecule is CCn1ncc2c(C(=O)Nc3cccc(C(=O)OC)c3C)cc(-c3cccs3)nc21. The molecule has 0 aliphatic heterocycles.